The molecule has 1 aromatic carbocycles. The molecule has 118 valence electrons. The number of hydrogen-bond acceptors (Lipinski definition) is 3. The first kappa shape index (κ1) is 17.1. The molecule has 0 aliphatic heterocycles. The summed E-state index contributed by atoms with van der Waals surface area (Å²) in [5.74, 6) is 1.47. The van der Waals surface area contributed by atoms with E-state index in [0.29, 0.717) is 13.2 Å². The van der Waals surface area contributed by atoms with E-state index in [2.05, 4.69) is 17.6 Å². The Morgan fingerprint density at radius 2 is 1.90 bits per heavy atom. The molecule has 5 nitrogen and oxygen atoms in total. The van der Waals surface area contributed by atoms with Gasteiger partial charge in [-0.25, -0.2) is 4.79 Å². The largest absolute Gasteiger partial charge is 0.493 e. The Bertz CT molecular complexity index is 436. The second-order valence-corrected chi connectivity index (χ2v) is 4.70. The molecule has 0 unspecified atom stereocenters. The molecule has 21 heavy (non-hydrogen) atoms. The SMILES string of the molecule is CCCCNC(=O)NCCc1ccc(OCC)c(OC)c1. The van der Waals surface area contributed by atoms with Gasteiger partial charge in [-0.05, 0) is 37.5 Å². The van der Waals surface area contributed by atoms with Crippen LogP contribution in [0.3, 0.4) is 0 Å². The van der Waals surface area contributed by atoms with Crippen LogP contribution < -0.4 is 20.1 Å². The summed E-state index contributed by atoms with van der Waals surface area (Å²) in [6, 6.07) is 5.73. The first-order valence-corrected chi connectivity index (χ1v) is 7.52. The number of methoxy groups -OCH3 is 1. The fourth-order valence-electron chi connectivity index (χ4n) is 1.90. The Balaban J connectivity index is 2.39. The van der Waals surface area contributed by atoms with Crippen molar-refractivity contribution in [3.8, 4) is 11.5 Å². The van der Waals surface area contributed by atoms with Gasteiger partial charge in [0.15, 0.2) is 11.5 Å². The highest BCUT2D eigenvalue weighted by Gasteiger charge is 2.05. The molecule has 2 N–H and O–H groups in total. The smallest absolute Gasteiger partial charge is 0.314 e. The Kier molecular flexibility index (Phi) is 8.09. The van der Waals surface area contributed by atoms with Crippen LogP contribution in [0.15, 0.2) is 18.2 Å². The lowest BCUT2D eigenvalue weighted by Gasteiger charge is -2.11. The minimum absolute atomic E-state index is 0.110. The van der Waals surface area contributed by atoms with E-state index in [1.807, 2.05) is 25.1 Å². The second kappa shape index (κ2) is 9.91. The maximum atomic E-state index is 11.5. The molecule has 0 aliphatic carbocycles. The number of nitrogens with one attached hydrogen (secondary N) is 2. The van der Waals surface area contributed by atoms with Crippen molar-refractivity contribution in [1.82, 2.24) is 10.6 Å². The monoisotopic (exact) mass is 294 g/mol. The Hall–Kier alpha value is -1.91. The number of urea groups is 1. The highest BCUT2D eigenvalue weighted by molar-refractivity contribution is 5.73. The van der Waals surface area contributed by atoms with Gasteiger partial charge in [0.25, 0.3) is 0 Å². The molecule has 1 rings (SSSR count). The summed E-state index contributed by atoms with van der Waals surface area (Å²) in [4.78, 5) is 11.5. The lowest BCUT2D eigenvalue weighted by Crippen LogP contribution is -2.37. The number of amides is 2. The van der Waals surface area contributed by atoms with E-state index in [0.717, 1.165) is 42.9 Å². The van der Waals surface area contributed by atoms with Crippen LogP contribution in [0.25, 0.3) is 0 Å². The average Bonchev–Trinajstić information content (AvgIpc) is 2.49. The van der Waals surface area contributed by atoms with Gasteiger partial charge < -0.3 is 20.1 Å². The fraction of sp³-hybridized carbons (Fsp3) is 0.562. The van der Waals surface area contributed by atoms with Crippen molar-refractivity contribution >= 4 is 6.03 Å². The van der Waals surface area contributed by atoms with Gasteiger partial charge in [0.1, 0.15) is 0 Å². The summed E-state index contributed by atoms with van der Waals surface area (Å²) in [5.41, 5.74) is 1.10. The number of unbranched alkanes of at least 4 members (excludes halogenated alkanes) is 1. The minimum Gasteiger partial charge on any atom is -0.493 e. The molecule has 0 bridgehead atoms. The third kappa shape index (κ3) is 6.38. The van der Waals surface area contributed by atoms with Crippen molar-refractivity contribution in [2.24, 2.45) is 0 Å². The quantitative estimate of drug-likeness (QED) is 0.688. The topological polar surface area (TPSA) is 59.6 Å². The van der Waals surface area contributed by atoms with Gasteiger partial charge in [-0.2, -0.15) is 0 Å². The van der Waals surface area contributed by atoms with E-state index in [9.17, 15) is 4.79 Å². The summed E-state index contributed by atoms with van der Waals surface area (Å²) in [6.07, 6.45) is 2.83. The number of carbonyl (C=O) groups excluding carboxylic acids is 1. The molecule has 0 saturated carbocycles. The molecule has 0 fully saturated rings. The van der Waals surface area contributed by atoms with Crippen LogP contribution in [-0.4, -0.2) is 32.8 Å². The molecule has 0 heterocycles. The summed E-state index contributed by atoms with van der Waals surface area (Å²) in [5, 5.41) is 5.67. The van der Waals surface area contributed by atoms with Crippen molar-refractivity contribution in [3.05, 3.63) is 23.8 Å². The molecule has 0 radical (unpaired) electrons. The summed E-state index contributed by atoms with van der Waals surface area (Å²) in [6.45, 7) is 5.96. The second-order valence-electron chi connectivity index (χ2n) is 4.70. The van der Waals surface area contributed by atoms with Gasteiger partial charge in [-0.15, -0.1) is 0 Å². The molecule has 2 amide bonds. The highest BCUT2D eigenvalue weighted by Crippen LogP contribution is 2.28. The molecule has 0 atom stereocenters. The highest BCUT2D eigenvalue weighted by atomic mass is 16.5. The Morgan fingerprint density at radius 1 is 1.14 bits per heavy atom. The summed E-state index contributed by atoms with van der Waals surface area (Å²) >= 11 is 0. The van der Waals surface area contributed by atoms with Gasteiger partial charge in [-0.1, -0.05) is 19.4 Å². The summed E-state index contributed by atoms with van der Waals surface area (Å²) in [7, 11) is 1.63. The molecule has 1 aromatic rings. The normalized spacial score (nSPS) is 10.0. The van der Waals surface area contributed by atoms with Crippen LogP contribution >= 0.6 is 0 Å². The predicted molar refractivity (Wildman–Crippen MR) is 84.2 cm³/mol. The molecule has 0 aromatic heterocycles. The van der Waals surface area contributed by atoms with E-state index < -0.39 is 0 Å². The van der Waals surface area contributed by atoms with Gasteiger partial charge in [0.2, 0.25) is 0 Å². The lowest BCUT2D eigenvalue weighted by atomic mass is 10.1. The maximum absolute atomic E-state index is 11.5. The van der Waals surface area contributed by atoms with Crippen molar-refractivity contribution in [2.45, 2.75) is 33.1 Å². The predicted octanol–water partition coefficient (Wildman–Crippen LogP) is 2.74. The molecule has 0 saturated heterocycles. The van der Waals surface area contributed by atoms with Crippen LogP contribution in [0.1, 0.15) is 32.3 Å². The van der Waals surface area contributed by atoms with Crippen molar-refractivity contribution in [2.75, 3.05) is 26.8 Å². The Morgan fingerprint density at radius 3 is 2.57 bits per heavy atom. The number of benzene rings is 1. The zero-order chi connectivity index (χ0) is 15.5. The number of hydrogen-bond donors (Lipinski definition) is 2. The van der Waals surface area contributed by atoms with E-state index >= 15 is 0 Å². The standard InChI is InChI=1S/C16H26N2O3/c1-4-6-10-17-16(19)18-11-9-13-7-8-14(21-5-2)15(12-13)20-3/h7-8,12H,4-6,9-11H2,1-3H3,(H2,17,18,19). The van der Waals surface area contributed by atoms with Gasteiger partial charge >= 0.3 is 6.03 Å². The van der Waals surface area contributed by atoms with Crippen molar-refractivity contribution in [3.63, 3.8) is 0 Å². The zero-order valence-electron chi connectivity index (χ0n) is 13.2. The van der Waals surface area contributed by atoms with Gasteiger partial charge in [0, 0.05) is 13.1 Å². The third-order valence-electron chi connectivity index (χ3n) is 3.04. The zero-order valence-corrected chi connectivity index (χ0v) is 13.2. The number of ether oxygens (including phenoxy) is 2. The average molecular weight is 294 g/mol. The maximum Gasteiger partial charge on any atom is 0.314 e. The van der Waals surface area contributed by atoms with Crippen LogP contribution in [0.5, 0.6) is 11.5 Å². The molecule has 0 aliphatic rings. The lowest BCUT2D eigenvalue weighted by molar-refractivity contribution is 0.241. The van der Waals surface area contributed by atoms with Gasteiger partial charge in [0.05, 0.1) is 13.7 Å². The Labute approximate surface area is 127 Å². The van der Waals surface area contributed by atoms with Crippen LogP contribution in [0.4, 0.5) is 4.79 Å². The van der Waals surface area contributed by atoms with Crippen LogP contribution in [0, 0.1) is 0 Å². The van der Waals surface area contributed by atoms with E-state index in [-0.39, 0.29) is 6.03 Å². The molecular formula is C16H26N2O3. The molecule has 5 heteroatoms. The van der Waals surface area contributed by atoms with Crippen LogP contribution in [0.2, 0.25) is 0 Å². The van der Waals surface area contributed by atoms with E-state index in [4.69, 9.17) is 9.47 Å². The number of carbonyl (C=O) groups is 1. The van der Waals surface area contributed by atoms with Crippen molar-refractivity contribution < 1.29 is 14.3 Å². The minimum atomic E-state index is -0.110. The molecular weight excluding hydrogens is 268 g/mol. The van der Waals surface area contributed by atoms with E-state index in [1.165, 1.54) is 0 Å². The van der Waals surface area contributed by atoms with Crippen molar-refractivity contribution in [1.29, 1.82) is 0 Å². The third-order valence-corrected chi connectivity index (χ3v) is 3.04. The van der Waals surface area contributed by atoms with Gasteiger partial charge in [-0.3, -0.25) is 0 Å². The summed E-state index contributed by atoms with van der Waals surface area (Å²) < 4.78 is 10.8. The van der Waals surface area contributed by atoms with E-state index in [1.54, 1.807) is 7.11 Å². The molecule has 0 spiro atoms. The van der Waals surface area contributed by atoms with Crippen LogP contribution in [-0.2, 0) is 6.42 Å². The first-order chi connectivity index (χ1) is 10.2. The fourth-order valence-corrected chi connectivity index (χ4v) is 1.90. The first-order valence-electron chi connectivity index (χ1n) is 7.52. The number of rotatable bonds is 9.